The maximum atomic E-state index is 14.7. The number of hydrogen-bond acceptors (Lipinski definition) is 4. The second-order valence-electron chi connectivity index (χ2n) is 11.8. The summed E-state index contributed by atoms with van der Waals surface area (Å²) in [7, 11) is -4.15. The van der Waals surface area contributed by atoms with Crippen LogP contribution in [0.2, 0.25) is 0 Å². The number of amides is 2. The third-order valence-corrected chi connectivity index (χ3v) is 10.0. The third-order valence-electron chi connectivity index (χ3n) is 8.24. The SMILES string of the molecule is CCc1ccccc1N(CC(=O)N(Cc1cccc(C)c1)[C@@H](Cc1ccccc1)C(=O)N[C@@H](C)CC)S(=O)(=O)c1ccc(C)cc1. The molecule has 0 aliphatic carbocycles. The number of para-hydroxylation sites is 1. The Bertz CT molecular complexity index is 1720. The highest BCUT2D eigenvalue weighted by Gasteiger charge is 2.35. The van der Waals surface area contributed by atoms with Crippen molar-refractivity contribution < 1.29 is 18.0 Å². The van der Waals surface area contributed by atoms with Gasteiger partial charge in [-0.1, -0.05) is 110 Å². The summed E-state index contributed by atoms with van der Waals surface area (Å²) >= 11 is 0. The van der Waals surface area contributed by atoms with Gasteiger partial charge in [0.15, 0.2) is 0 Å². The quantitative estimate of drug-likeness (QED) is 0.168. The van der Waals surface area contributed by atoms with Gasteiger partial charge in [-0.2, -0.15) is 0 Å². The van der Waals surface area contributed by atoms with Crippen LogP contribution in [0.3, 0.4) is 0 Å². The van der Waals surface area contributed by atoms with E-state index in [-0.39, 0.29) is 29.8 Å². The summed E-state index contributed by atoms with van der Waals surface area (Å²) < 4.78 is 29.9. The van der Waals surface area contributed by atoms with Crippen molar-refractivity contribution in [1.29, 1.82) is 0 Å². The average molecular weight is 640 g/mol. The van der Waals surface area contributed by atoms with Crippen molar-refractivity contribution in [3.05, 3.63) is 131 Å². The second-order valence-corrected chi connectivity index (χ2v) is 13.7. The Balaban J connectivity index is 1.84. The van der Waals surface area contributed by atoms with Gasteiger partial charge in [0.05, 0.1) is 10.6 Å². The van der Waals surface area contributed by atoms with Crippen LogP contribution < -0.4 is 9.62 Å². The number of benzene rings is 4. The smallest absolute Gasteiger partial charge is 0.264 e. The van der Waals surface area contributed by atoms with Crippen LogP contribution in [0.5, 0.6) is 0 Å². The number of aryl methyl sites for hydroxylation is 3. The van der Waals surface area contributed by atoms with Gasteiger partial charge in [0.1, 0.15) is 12.6 Å². The number of anilines is 1. The van der Waals surface area contributed by atoms with E-state index in [0.29, 0.717) is 12.1 Å². The van der Waals surface area contributed by atoms with E-state index in [1.165, 1.54) is 4.31 Å². The van der Waals surface area contributed by atoms with Crippen LogP contribution in [-0.4, -0.2) is 43.8 Å². The zero-order chi connectivity index (χ0) is 33.3. The molecular formula is C38H45N3O4S. The van der Waals surface area contributed by atoms with Crippen LogP contribution in [-0.2, 0) is 39.0 Å². The van der Waals surface area contributed by atoms with Gasteiger partial charge in [0.2, 0.25) is 11.8 Å². The first kappa shape index (κ1) is 34.4. The van der Waals surface area contributed by atoms with Crippen LogP contribution in [0.25, 0.3) is 0 Å². The Labute approximate surface area is 274 Å². The number of rotatable bonds is 14. The molecule has 0 spiro atoms. The van der Waals surface area contributed by atoms with Crippen LogP contribution in [0.1, 0.15) is 55.0 Å². The highest BCUT2D eigenvalue weighted by molar-refractivity contribution is 7.92. The Morgan fingerprint density at radius 1 is 0.783 bits per heavy atom. The summed E-state index contributed by atoms with van der Waals surface area (Å²) in [5, 5.41) is 3.08. The summed E-state index contributed by atoms with van der Waals surface area (Å²) in [6.07, 6.45) is 1.58. The first-order chi connectivity index (χ1) is 22.0. The fourth-order valence-electron chi connectivity index (χ4n) is 5.41. The van der Waals surface area contributed by atoms with Crippen molar-refractivity contribution in [2.75, 3.05) is 10.8 Å². The molecule has 0 aliphatic heterocycles. The Morgan fingerprint density at radius 2 is 1.43 bits per heavy atom. The lowest BCUT2D eigenvalue weighted by molar-refractivity contribution is -0.140. The minimum atomic E-state index is -4.15. The molecule has 0 heterocycles. The molecule has 0 saturated heterocycles. The highest BCUT2D eigenvalue weighted by Crippen LogP contribution is 2.29. The molecular weight excluding hydrogens is 595 g/mol. The van der Waals surface area contributed by atoms with Crippen LogP contribution in [0.4, 0.5) is 5.69 Å². The number of carbonyl (C=O) groups excluding carboxylic acids is 2. The van der Waals surface area contributed by atoms with E-state index in [9.17, 15) is 18.0 Å². The Hall–Kier alpha value is -4.43. The monoisotopic (exact) mass is 639 g/mol. The maximum Gasteiger partial charge on any atom is 0.264 e. The lowest BCUT2D eigenvalue weighted by atomic mass is 10.0. The zero-order valence-electron chi connectivity index (χ0n) is 27.4. The maximum absolute atomic E-state index is 14.7. The average Bonchev–Trinajstić information content (AvgIpc) is 3.05. The normalized spacial score (nSPS) is 12.6. The first-order valence-corrected chi connectivity index (χ1v) is 17.3. The van der Waals surface area contributed by atoms with Gasteiger partial charge in [-0.05, 0) is 68.5 Å². The summed E-state index contributed by atoms with van der Waals surface area (Å²) in [6, 6.07) is 30.3. The van der Waals surface area contributed by atoms with Gasteiger partial charge >= 0.3 is 0 Å². The van der Waals surface area contributed by atoms with Gasteiger partial charge in [0.25, 0.3) is 10.0 Å². The summed E-state index contributed by atoms with van der Waals surface area (Å²) in [6.45, 7) is 9.42. The molecule has 1 N–H and O–H groups in total. The van der Waals surface area contributed by atoms with E-state index < -0.39 is 28.5 Å². The second kappa shape index (κ2) is 15.7. The molecule has 4 aromatic carbocycles. The third kappa shape index (κ3) is 8.63. The molecule has 0 bridgehead atoms. The van der Waals surface area contributed by atoms with E-state index >= 15 is 0 Å². The molecule has 0 saturated carbocycles. The highest BCUT2D eigenvalue weighted by atomic mass is 32.2. The fraction of sp³-hybridized carbons (Fsp3) is 0.316. The minimum absolute atomic E-state index is 0.0948. The van der Waals surface area contributed by atoms with Gasteiger partial charge < -0.3 is 10.2 Å². The number of nitrogens with zero attached hydrogens (tertiary/aromatic N) is 2. The summed E-state index contributed by atoms with van der Waals surface area (Å²) in [5.41, 5.74) is 4.94. The molecule has 4 rings (SSSR count). The minimum Gasteiger partial charge on any atom is -0.352 e. The topological polar surface area (TPSA) is 86.8 Å². The van der Waals surface area contributed by atoms with Crippen molar-refractivity contribution in [3.63, 3.8) is 0 Å². The molecule has 7 nitrogen and oxygen atoms in total. The van der Waals surface area contributed by atoms with Gasteiger partial charge in [0, 0.05) is 19.0 Å². The molecule has 2 amide bonds. The van der Waals surface area contributed by atoms with Gasteiger partial charge in [-0.25, -0.2) is 8.42 Å². The number of carbonyl (C=O) groups is 2. The number of nitrogens with one attached hydrogen (secondary N) is 1. The fourth-order valence-corrected chi connectivity index (χ4v) is 6.86. The molecule has 0 radical (unpaired) electrons. The van der Waals surface area contributed by atoms with Gasteiger partial charge in [-0.3, -0.25) is 13.9 Å². The molecule has 46 heavy (non-hydrogen) atoms. The largest absolute Gasteiger partial charge is 0.352 e. The Morgan fingerprint density at radius 3 is 2.09 bits per heavy atom. The van der Waals surface area contributed by atoms with Crippen molar-refractivity contribution in [3.8, 4) is 0 Å². The summed E-state index contributed by atoms with van der Waals surface area (Å²) in [4.78, 5) is 30.3. The Kier molecular flexibility index (Phi) is 11.8. The van der Waals surface area contributed by atoms with Crippen molar-refractivity contribution in [1.82, 2.24) is 10.2 Å². The molecule has 8 heteroatoms. The first-order valence-electron chi connectivity index (χ1n) is 15.9. The van der Waals surface area contributed by atoms with E-state index in [0.717, 1.165) is 34.2 Å². The van der Waals surface area contributed by atoms with Crippen LogP contribution >= 0.6 is 0 Å². The molecule has 2 atom stereocenters. The lowest BCUT2D eigenvalue weighted by Gasteiger charge is -2.34. The molecule has 242 valence electrons. The van der Waals surface area contributed by atoms with Gasteiger partial charge in [-0.15, -0.1) is 0 Å². The van der Waals surface area contributed by atoms with E-state index in [1.54, 1.807) is 41.3 Å². The van der Waals surface area contributed by atoms with Crippen molar-refractivity contribution >= 4 is 27.5 Å². The zero-order valence-corrected chi connectivity index (χ0v) is 28.3. The van der Waals surface area contributed by atoms with Crippen molar-refractivity contribution in [2.45, 2.75) is 77.4 Å². The molecule has 0 unspecified atom stereocenters. The van der Waals surface area contributed by atoms with E-state index in [1.807, 2.05) is 101 Å². The summed E-state index contributed by atoms with van der Waals surface area (Å²) in [5.74, 6) is -0.746. The van der Waals surface area contributed by atoms with E-state index in [4.69, 9.17) is 0 Å². The van der Waals surface area contributed by atoms with E-state index in [2.05, 4.69) is 5.32 Å². The molecule has 0 aliphatic rings. The standard InChI is InChI=1S/C38H45N3O4S/c1-6-30(5)39-38(43)36(25-31-15-9-8-10-16-31)40(26-32-17-13-14-29(4)24-32)37(42)27-41(35-19-12-11-18-33(35)7-2)46(44,45)34-22-20-28(3)21-23-34/h8-24,30,36H,6-7,25-27H2,1-5H3,(H,39,43)/t30-,36-/m0/s1. The van der Waals surface area contributed by atoms with Crippen LogP contribution in [0, 0.1) is 13.8 Å². The predicted octanol–water partition coefficient (Wildman–Crippen LogP) is 6.62. The lowest BCUT2D eigenvalue weighted by Crippen LogP contribution is -2.54. The van der Waals surface area contributed by atoms with Crippen molar-refractivity contribution in [2.24, 2.45) is 0 Å². The predicted molar refractivity (Wildman–Crippen MR) is 185 cm³/mol. The molecule has 0 aromatic heterocycles. The number of sulfonamides is 1. The van der Waals surface area contributed by atoms with Crippen LogP contribution in [0.15, 0.2) is 108 Å². The number of hydrogen-bond donors (Lipinski definition) is 1. The molecule has 4 aromatic rings. The molecule has 0 fully saturated rings.